The molecule has 0 saturated heterocycles. The maximum Gasteiger partial charge on any atom is 0.327 e. The zero-order valence-electron chi connectivity index (χ0n) is 6.43. The Labute approximate surface area is 68.1 Å². The van der Waals surface area contributed by atoms with Crippen LogP contribution in [0.15, 0.2) is 6.20 Å². The summed E-state index contributed by atoms with van der Waals surface area (Å²) in [5.41, 5.74) is 0.250. The van der Waals surface area contributed by atoms with Crippen LogP contribution < -0.4 is 0 Å². The van der Waals surface area contributed by atoms with E-state index in [1.54, 1.807) is 0 Å². The summed E-state index contributed by atoms with van der Waals surface area (Å²) in [5.74, 6) is -0.469. The first-order valence-corrected chi connectivity index (χ1v) is 3.18. The van der Waals surface area contributed by atoms with Gasteiger partial charge in [-0.05, 0) is 0 Å². The van der Waals surface area contributed by atoms with Crippen molar-refractivity contribution in [2.75, 3.05) is 7.11 Å². The van der Waals surface area contributed by atoms with E-state index in [4.69, 9.17) is 0 Å². The summed E-state index contributed by atoms with van der Waals surface area (Å²) < 4.78 is 5.55. The summed E-state index contributed by atoms with van der Waals surface area (Å²) >= 11 is 0. The fourth-order valence-electron chi connectivity index (χ4n) is 0.667. The number of rotatable bonds is 3. The number of esters is 1. The van der Waals surface area contributed by atoms with Crippen LogP contribution in [0, 0.1) is 0 Å². The summed E-state index contributed by atoms with van der Waals surface area (Å²) in [5, 5.41) is 6.96. The maximum absolute atomic E-state index is 10.7. The fraction of sp³-hybridized carbons (Fsp3) is 0.333. The number of carbonyl (C=O) groups is 2. The van der Waals surface area contributed by atoms with E-state index in [9.17, 15) is 9.59 Å². The molecule has 1 rings (SSSR count). The average Bonchev–Trinajstić information content (AvgIpc) is 2.51. The minimum absolute atomic E-state index is 0.0927. The molecule has 0 bridgehead atoms. The van der Waals surface area contributed by atoms with Gasteiger partial charge in [0.05, 0.1) is 13.3 Å². The third-order valence-electron chi connectivity index (χ3n) is 1.27. The Kier molecular flexibility index (Phi) is 2.52. The van der Waals surface area contributed by atoms with Gasteiger partial charge in [-0.15, -0.1) is 5.10 Å². The van der Waals surface area contributed by atoms with Gasteiger partial charge in [0.25, 0.3) is 0 Å². The largest absolute Gasteiger partial charge is 0.468 e. The molecule has 1 heterocycles. The smallest absolute Gasteiger partial charge is 0.327 e. The molecule has 0 aliphatic rings. The lowest BCUT2D eigenvalue weighted by molar-refractivity contribution is -0.141. The predicted octanol–water partition coefficient (Wildman–Crippen LogP) is -0.736. The van der Waals surface area contributed by atoms with Gasteiger partial charge in [0, 0.05) is 0 Å². The van der Waals surface area contributed by atoms with Gasteiger partial charge in [-0.2, -0.15) is 0 Å². The Morgan fingerprint density at radius 2 is 2.58 bits per heavy atom. The zero-order valence-corrected chi connectivity index (χ0v) is 6.43. The molecule has 0 unspecified atom stereocenters. The van der Waals surface area contributed by atoms with Gasteiger partial charge in [0.2, 0.25) is 0 Å². The number of methoxy groups -OCH3 is 1. The molecular formula is C6H7N3O3. The number of aldehydes is 1. The molecule has 0 saturated carbocycles. The van der Waals surface area contributed by atoms with Gasteiger partial charge in [-0.3, -0.25) is 9.59 Å². The number of carbonyl (C=O) groups excluding carboxylic acids is 2. The Morgan fingerprint density at radius 3 is 3.17 bits per heavy atom. The molecular weight excluding hydrogens is 162 g/mol. The van der Waals surface area contributed by atoms with Crippen molar-refractivity contribution >= 4 is 12.3 Å². The zero-order chi connectivity index (χ0) is 8.97. The third kappa shape index (κ3) is 1.66. The predicted molar refractivity (Wildman–Crippen MR) is 37.4 cm³/mol. The first kappa shape index (κ1) is 8.38. The summed E-state index contributed by atoms with van der Waals surface area (Å²) in [6.07, 6.45) is 1.85. The highest BCUT2D eigenvalue weighted by Gasteiger charge is 2.06. The van der Waals surface area contributed by atoms with Crippen molar-refractivity contribution in [1.82, 2.24) is 15.0 Å². The normalized spacial score (nSPS) is 9.42. The van der Waals surface area contributed by atoms with Crippen molar-refractivity contribution in [2.45, 2.75) is 6.54 Å². The van der Waals surface area contributed by atoms with E-state index >= 15 is 0 Å². The SMILES string of the molecule is COC(=O)Cn1nncc1C=O. The van der Waals surface area contributed by atoms with Crippen LogP contribution in [0.25, 0.3) is 0 Å². The Morgan fingerprint density at radius 1 is 1.83 bits per heavy atom. The van der Waals surface area contributed by atoms with Crippen LogP contribution >= 0.6 is 0 Å². The van der Waals surface area contributed by atoms with E-state index in [2.05, 4.69) is 15.0 Å². The summed E-state index contributed by atoms with van der Waals surface area (Å²) in [6, 6.07) is 0. The quantitative estimate of drug-likeness (QED) is 0.440. The number of hydrogen-bond donors (Lipinski definition) is 0. The molecule has 12 heavy (non-hydrogen) atoms. The molecule has 0 fully saturated rings. The maximum atomic E-state index is 10.7. The van der Waals surface area contributed by atoms with Crippen molar-refractivity contribution in [3.05, 3.63) is 11.9 Å². The molecule has 0 aliphatic heterocycles. The van der Waals surface area contributed by atoms with Crippen molar-refractivity contribution in [3.8, 4) is 0 Å². The summed E-state index contributed by atoms with van der Waals surface area (Å²) in [7, 11) is 1.26. The third-order valence-corrected chi connectivity index (χ3v) is 1.27. The van der Waals surface area contributed by atoms with Gasteiger partial charge < -0.3 is 4.74 Å². The molecule has 0 aromatic carbocycles. The lowest BCUT2D eigenvalue weighted by Gasteiger charge is -1.98. The molecule has 0 aliphatic carbocycles. The van der Waals surface area contributed by atoms with Gasteiger partial charge in [0.1, 0.15) is 12.2 Å². The number of aromatic nitrogens is 3. The molecule has 0 N–H and O–H groups in total. The number of hydrogen-bond acceptors (Lipinski definition) is 5. The van der Waals surface area contributed by atoms with Crippen molar-refractivity contribution in [3.63, 3.8) is 0 Å². The molecule has 0 spiro atoms. The van der Waals surface area contributed by atoms with Crippen molar-refractivity contribution in [1.29, 1.82) is 0 Å². The van der Waals surface area contributed by atoms with Crippen LogP contribution in [-0.4, -0.2) is 34.4 Å². The van der Waals surface area contributed by atoms with Gasteiger partial charge in [0.15, 0.2) is 6.29 Å². The highest BCUT2D eigenvalue weighted by Crippen LogP contribution is 1.91. The summed E-state index contributed by atoms with van der Waals surface area (Å²) in [4.78, 5) is 21.0. The molecule has 1 aromatic rings. The number of ether oxygens (including phenoxy) is 1. The fourth-order valence-corrected chi connectivity index (χ4v) is 0.667. The van der Waals surface area contributed by atoms with Crippen molar-refractivity contribution in [2.24, 2.45) is 0 Å². The molecule has 0 amide bonds. The first-order chi connectivity index (χ1) is 5.77. The van der Waals surface area contributed by atoms with Crippen LogP contribution in [0.5, 0.6) is 0 Å². The molecule has 6 heteroatoms. The van der Waals surface area contributed by atoms with Crippen LogP contribution in [0.2, 0.25) is 0 Å². The minimum atomic E-state index is -0.469. The molecule has 0 radical (unpaired) electrons. The second-order valence-electron chi connectivity index (χ2n) is 2.01. The number of nitrogens with zero attached hydrogens (tertiary/aromatic N) is 3. The van der Waals surface area contributed by atoms with Crippen LogP contribution in [0.3, 0.4) is 0 Å². The van der Waals surface area contributed by atoms with E-state index in [1.165, 1.54) is 18.0 Å². The van der Waals surface area contributed by atoms with E-state index in [-0.39, 0.29) is 12.2 Å². The lowest BCUT2D eigenvalue weighted by Crippen LogP contribution is -2.14. The summed E-state index contributed by atoms with van der Waals surface area (Å²) in [6.45, 7) is -0.0927. The second-order valence-corrected chi connectivity index (χ2v) is 2.01. The Hall–Kier alpha value is -1.72. The standard InChI is InChI=1S/C6H7N3O3/c1-12-6(11)3-9-5(4-10)2-7-8-9/h2,4H,3H2,1H3. The molecule has 6 nitrogen and oxygen atoms in total. The van der Waals surface area contributed by atoms with E-state index in [1.807, 2.05) is 0 Å². The van der Waals surface area contributed by atoms with Gasteiger partial charge >= 0.3 is 5.97 Å². The second kappa shape index (κ2) is 3.61. The molecule has 1 aromatic heterocycles. The minimum Gasteiger partial charge on any atom is -0.468 e. The van der Waals surface area contributed by atoms with Crippen LogP contribution in [0.4, 0.5) is 0 Å². The highest BCUT2D eigenvalue weighted by molar-refractivity contribution is 5.74. The van der Waals surface area contributed by atoms with Crippen LogP contribution in [-0.2, 0) is 16.1 Å². The molecule has 0 atom stereocenters. The monoisotopic (exact) mass is 169 g/mol. The topological polar surface area (TPSA) is 74.1 Å². The highest BCUT2D eigenvalue weighted by atomic mass is 16.5. The Balaban J connectivity index is 2.74. The van der Waals surface area contributed by atoms with Gasteiger partial charge in [-0.1, -0.05) is 5.21 Å². The van der Waals surface area contributed by atoms with Gasteiger partial charge in [-0.25, -0.2) is 4.68 Å². The lowest BCUT2D eigenvalue weighted by atomic mass is 10.5. The van der Waals surface area contributed by atoms with E-state index in [0.29, 0.717) is 6.29 Å². The average molecular weight is 169 g/mol. The van der Waals surface area contributed by atoms with E-state index in [0.717, 1.165) is 0 Å². The van der Waals surface area contributed by atoms with Crippen molar-refractivity contribution < 1.29 is 14.3 Å². The van der Waals surface area contributed by atoms with E-state index < -0.39 is 5.97 Å². The first-order valence-electron chi connectivity index (χ1n) is 3.18. The molecule has 64 valence electrons. The Bertz CT molecular complexity index is 294. The van der Waals surface area contributed by atoms with Crippen LogP contribution in [0.1, 0.15) is 10.5 Å².